The molecule has 0 saturated heterocycles. The van der Waals surface area contributed by atoms with E-state index >= 15 is 0 Å². The first-order valence-corrected chi connectivity index (χ1v) is 12.7. The van der Waals surface area contributed by atoms with Crippen molar-refractivity contribution < 1.29 is 9.90 Å². The van der Waals surface area contributed by atoms with Crippen LogP contribution in [0.25, 0.3) is 0 Å². The van der Waals surface area contributed by atoms with Crippen LogP contribution in [0.3, 0.4) is 0 Å². The molecule has 0 unspecified atom stereocenters. The molecule has 1 fully saturated rings. The van der Waals surface area contributed by atoms with E-state index in [9.17, 15) is 9.90 Å². The molecule has 3 aromatic carbocycles. The minimum atomic E-state index is -0.373. The second-order valence-electron chi connectivity index (χ2n) is 9.40. The molecule has 0 aliphatic heterocycles. The molecular weight excluding hydrogens is 432 g/mol. The summed E-state index contributed by atoms with van der Waals surface area (Å²) in [4.78, 5) is 15.6. The number of hydrogen-bond donors (Lipinski definition) is 2. The Hall–Kier alpha value is -3.37. The average Bonchev–Trinajstić information content (AvgIpc) is 2.93. The van der Waals surface area contributed by atoms with Crippen molar-refractivity contribution in [3.05, 3.63) is 114 Å². The molecule has 3 atom stereocenters. The van der Waals surface area contributed by atoms with Crippen molar-refractivity contribution in [1.29, 1.82) is 0 Å². The van der Waals surface area contributed by atoms with Gasteiger partial charge in [0.05, 0.1) is 12.6 Å². The molecule has 4 heteroatoms. The van der Waals surface area contributed by atoms with Crippen molar-refractivity contribution >= 4 is 11.6 Å². The number of nitrogens with one attached hydrogen (secondary N) is 1. The number of aliphatic hydroxyl groups is 1. The molecule has 3 aromatic rings. The van der Waals surface area contributed by atoms with E-state index in [2.05, 4.69) is 65.3 Å². The summed E-state index contributed by atoms with van der Waals surface area (Å²) >= 11 is 0. The monoisotopic (exact) mass is 468 g/mol. The third-order valence-corrected chi connectivity index (χ3v) is 7.06. The molecule has 1 saturated carbocycles. The van der Waals surface area contributed by atoms with Crippen LogP contribution in [0.15, 0.2) is 97.6 Å². The molecule has 0 aromatic heterocycles. The van der Waals surface area contributed by atoms with Gasteiger partial charge in [-0.15, -0.1) is 6.58 Å². The van der Waals surface area contributed by atoms with Gasteiger partial charge in [-0.3, -0.25) is 4.79 Å². The van der Waals surface area contributed by atoms with Gasteiger partial charge in [-0.2, -0.15) is 0 Å². The lowest BCUT2D eigenvalue weighted by Crippen LogP contribution is -2.39. The van der Waals surface area contributed by atoms with Gasteiger partial charge in [-0.25, -0.2) is 0 Å². The Morgan fingerprint density at radius 2 is 1.63 bits per heavy atom. The van der Waals surface area contributed by atoms with E-state index in [0.717, 1.165) is 44.3 Å². The lowest BCUT2D eigenvalue weighted by Gasteiger charge is -2.32. The zero-order chi connectivity index (χ0) is 24.5. The van der Waals surface area contributed by atoms with Gasteiger partial charge in [0.1, 0.15) is 0 Å². The first-order valence-electron chi connectivity index (χ1n) is 12.7. The van der Waals surface area contributed by atoms with E-state index in [1.807, 2.05) is 42.5 Å². The van der Waals surface area contributed by atoms with E-state index in [1.165, 1.54) is 16.8 Å². The quantitative estimate of drug-likeness (QED) is 0.359. The summed E-state index contributed by atoms with van der Waals surface area (Å²) in [7, 11) is 0. The third kappa shape index (κ3) is 6.40. The number of para-hydroxylation sites is 1. The van der Waals surface area contributed by atoms with Gasteiger partial charge in [0.25, 0.3) is 0 Å². The number of rotatable bonds is 10. The predicted octanol–water partition coefficient (Wildman–Crippen LogP) is 6.00. The fourth-order valence-electron chi connectivity index (χ4n) is 5.19. The van der Waals surface area contributed by atoms with Crippen LogP contribution in [0, 0.1) is 5.92 Å². The highest BCUT2D eigenvalue weighted by atomic mass is 16.3. The fourth-order valence-corrected chi connectivity index (χ4v) is 5.19. The topological polar surface area (TPSA) is 52.6 Å². The summed E-state index contributed by atoms with van der Waals surface area (Å²) in [6, 6.07) is 28.5. The molecule has 4 nitrogen and oxygen atoms in total. The van der Waals surface area contributed by atoms with Crippen molar-refractivity contribution in [3.8, 4) is 0 Å². The molecule has 1 amide bonds. The lowest BCUT2D eigenvalue weighted by molar-refractivity contribution is -0.127. The maximum absolute atomic E-state index is 13.3. The van der Waals surface area contributed by atoms with Crippen LogP contribution in [0.2, 0.25) is 0 Å². The largest absolute Gasteiger partial charge is 0.394 e. The molecule has 35 heavy (non-hydrogen) atoms. The Kier molecular flexibility index (Phi) is 8.74. The zero-order valence-corrected chi connectivity index (χ0v) is 20.4. The normalized spacial score (nSPS) is 18.4. The average molecular weight is 469 g/mol. The van der Waals surface area contributed by atoms with Crippen molar-refractivity contribution in [1.82, 2.24) is 5.32 Å². The molecule has 4 rings (SSSR count). The number of benzene rings is 3. The van der Waals surface area contributed by atoms with E-state index in [4.69, 9.17) is 0 Å². The van der Waals surface area contributed by atoms with Crippen LogP contribution < -0.4 is 10.2 Å². The van der Waals surface area contributed by atoms with Gasteiger partial charge in [0.15, 0.2) is 0 Å². The maximum atomic E-state index is 13.3. The van der Waals surface area contributed by atoms with Crippen LogP contribution in [-0.4, -0.2) is 24.2 Å². The summed E-state index contributed by atoms with van der Waals surface area (Å²) in [5.41, 5.74) is 4.57. The Labute approximate surface area is 209 Å². The van der Waals surface area contributed by atoms with Gasteiger partial charge >= 0.3 is 0 Å². The number of carbonyl (C=O) groups excluding carboxylic acids is 1. The maximum Gasteiger partial charge on any atom is 0.224 e. The third-order valence-electron chi connectivity index (χ3n) is 7.06. The highest BCUT2D eigenvalue weighted by Gasteiger charge is 2.33. The number of anilines is 1. The van der Waals surface area contributed by atoms with Crippen LogP contribution in [-0.2, 0) is 11.3 Å². The summed E-state index contributed by atoms with van der Waals surface area (Å²) < 4.78 is 0. The van der Waals surface area contributed by atoms with Gasteiger partial charge < -0.3 is 15.3 Å². The Morgan fingerprint density at radius 1 is 0.971 bits per heavy atom. The van der Waals surface area contributed by atoms with Crippen LogP contribution in [0.1, 0.15) is 54.3 Å². The van der Waals surface area contributed by atoms with E-state index in [1.54, 1.807) is 0 Å². The van der Waals surface area contributed by atoms with Gasteiger partial charge in [-0.05, 0) is 47.6 Å². The Morgan fingerprint density at radius 3 is 2.29 bits per heavy atom. The smallest absolute Gasteiger partial charge is 0.224 e. The fraction of sp³-hybridized carbons (Fsp3) is 0.323. The molecule has 0 spiro atoms. The standard InChI is InChI=1S/C31H36N2O2/c1-2-21-33(27-13-7-4-8-14-27)22-24-17-19-25(20-18-24)28-15-9-10-16-29(28)31(35)32-30(23-34)26-11-5-3-6-12-26/h2-8,11-14,17-20,28-30,34H,1,9-10,15-16,21-23H2,(H,32,35)/t28-,29+,30+/m1/s1. The molecule has 2 N–H and O–H groups in total. The highest BCUT2D eigenvalue weighted by Crippen LogP contribution is 2.38. The second kappa shape index (κ2) is 12.4. The van der Waals surface area contributed by atoms with E-state index < -0.39 is 0 Å². The van der Waals surface area contributed by atoms with Crippen molar-refractivity contribution in [2.75, 3.05) is 18.1 Å². The van der Waals surface area contributed by atoms with Crippen LogP contribution >= 0.6 is 0 Å². The summed E-state index contributed by atoms with van der Waals surface area (Å²) in [5.74, 6) is 0.170. The molecule has 1 aliphatic rings. The number of nitrogens with zero attached hydrogens (tertiary/aromatic N) is 1. The number of carbonyl (C=O) groups is 1. The van der Waals surface area contributed by atoms with Gasteiger partial charge in [-0.1, -0.05) is 91.7 Å². The Balaban J connectivity index is 1.46. The SMILES string of the molecule is C=CCN(Cc1ccc([C@H]2CCCC[C@@H]2C(=O)N[C@@H](CO)c2ccccc2)cc1)c1ccccc1. The minimum Gasteiger partial charge on any atom is -0.394 e. The summed E-state index contributed by atoms with van der Waals surface area (Å²) in [6.45, 7) is 5.40. The Bertz CT molecular complexity index is 1070. The van der Waals surface area contributed by atoms with E-state index in [-0.39, 0.29) is 30.4 Å². The number of aliphatic hydroxyl groups excluding tert-OH is 1. The molecule has 0 radical (unpaired) electrons. The van der Waals surface area contributed by atoms with Crippen molar-refractivity contribution in [3.63, 3.8) is 0 Å². The predicted molar refractivity (Wildman–Crippen MR) is 143 cm³/mol. The zero-order valence-electron chi connectivity index (χ0n) is 20.4. The number of hydrogen-bond acceptors (Lipinski definition) is 3. The summed E-state index contributed by atoms with van der Waals surface area (Å²) in [5, 5.41) is 13.0. The highest BCUT2D eigenvalue weighted by molar-refractivity contribution is 5.80. The first kappa shape index (κ1) is 24.7. The van der Waals surface area contributed by atoms with Crippen molar-refractivity contribution in [2.45, 2.75) is 44.2 Å². The minimum absolute atomic E-state index is 0.0444. The van der Waals surface area contributed by atoms with Crippen LogP contribution in [0.4, 0.5) is 5.69 Å². The van der Waals surface area contributed by atoms with Gasteiger partial charge in [0, 0.05) is 24.7 Å². The summed E-state index contributed by atoms with van der Waals surface area (Å²) in [6.07, 6.45) is 6.03. The molecule has 0 bridgehead atoms. The van der Waals surface area contributed by atoms with Gasteiger partial charge in [0.2, 0.25) is 5.91 Å². The van der Waals surface area contributed by atoms with Crippen molar-refractivity contribution in [2.24, 2.45) is 5.92 Å². The van der Waals surface area contributed by atoms with E-state index in [0.29, 0.717) is 0 Å². The second-order valence-corrected chi connectivity index (χ2v) is 9.40. The lowest BCUT2D eigenvalue weighted by atomic mass is 9.74. The molecule has 1 aliphatic carbocycles. The molecule has 182 valence electrons. The van der Waals surface area contributed by atoms with Crippen LogP contribution in [0.5, 0.6) is 0 Å². The molecular formula is C31H36N2O2. The first-order chi connectivity index (χ1) is 17.2. The number of amides is 1. The molecule has 0 heterocycles.